The molecule has 2 rings (SSSR count). The van der Waals surface area contributed by atoms with Gasteiger partial charge in [-0.3, -0.25) is 0 Å². The van der Waals surface area contributed by atoms with Crippen LogP contribution >= 0.6 is 0 Å². The van der Waals surface area contributed by atoms with Crippen molar-refractivity contribution in [1.82, 2.24) is 5.32 Å². The molecule has 1 saturated heterocycles. The molecule has 8 heteroatoms. The number of hydrogen-bond acceptors (Lipinski definition) is 6. The summed E-state index contributed by atoms with van der Waals surface area (Å²) >= 11 is 0. The topological polar surface area (TPSA) is 105 Å². The van der Waals surface area contributed by atoms with Crippen LogP contribution in [0.5, 0.6) is 5.75 Å². The molecule has 0 spiro atoms. The quantitative estimate of drug-likeness (QED) is 0.602. The van der Waals surface area contributed by atoms with Crippen LogP contribution in [0.4, 0.5) is 0 Å². The van der Waals surface area contributed by atoms with E-state index in [1.54, 1.807) is 24.3 Å². The third kappa shape index (κ3) is 7.53. The molecule has 26 heavy (non-hydrogen) atoms. The van der Waals surface area contributed by atoms with Crippen molar-refractivity contribution in [3.8, 4) is 5.75 Å². The Morgan fingerprint density at radius 3 is 2.54 bits per heavy atom. The van der Waals surface area contributed by atoms with Gasteiger partial charge in [-0.05, 0) is 62.4 Å². The molecule has 0 radical (unpaired) electrons. The van der Waals surface area contributed by atoms with Crippen LogP contribution in [0.3, 0.4) is 0 Å². The van der Waals surface area contributed by atoms with Gasteiger partial charge < -0.3 is 15.2 Å². The fourth-order valence-electron chi connectivity index (χ4n) is 3.11. The van der Waals surface area contributed by atoms with Gasteiger partial charge in [-0.15, -0.1) is 0 Å². The van der Waals surface area contributed by atoms with Gasteiger partial charge in [0.25, 0.3) is 0 Å². The Morgan fingerprint density at radius 2 is 1.92 bits per heavy atom. The van der Waals surface area contributed by atoms with Crippen molar-refractivity contribution in [1.29, 1.82) is 0 Å². The van der Waals surface area contributed by atoms with E-state index >= 15 is 0 Å². The molecule has 7 nitrogen and oxygen atoms in total. The minimum atomic E-state index is -2.74. The van der Waals surface area contributed by atoms with Gasteiger partial charge in [-0.2, -0.15) is 12.8 Å². The molecule has 1 atom stereocenters. The maximum Gasteiger partial charge on any atom is 0.330 e. The van der Waals surface area contributed by atoms with Crippen molar-refractivity contribution in [3.05, 3.63) is 29.8 Å². The molecule has 1 fully saturated rings. The molecule has 0 aliphatic carbocycles. The summed E-state index contributed by atoms with van der Waals surface area (Å²) < 4.78 is 30.1. The summed E-state index contributed by atoms with van der Waals surface area (Å²) in [6, 6.07) is 5.73. The van der Waals surface area contributed by atoms with Crippen LogP contribution in [-0.4, -0.2) is 45.2 Å². The number of nitrogens with zero attached hydrogens (tertiary/aromatic N) is 1. The van der Waals surface area contributed by atoms with E-state index < -0.39 is 22.5 Å². The zero-order valence-electron chi connectivity index (χ0n) is 14.8. The maximum atomic E-state index is 11.0. The second-order valence-corrected chi connectivity index (χ2v) is 7.21. The molecule has 1 aliphatic rings. The Morgan fingerprint density at radius 1 is 1.23 bits per heavy atom. The number of piperidine rings is 1. The average Bonchev–Trinajstić information content (AvgIpc) is 2.62. The molecular formula is C18H26N2O5S. The lowest BCUT2D eigenvalue weighted by atomic mass is 9.93. The summed E-state index contributed by atoms with van der Waals surface area (Å²) in [6.07, 6.45) is 6.00. The van der Waals surface area contributed by atoms with E-state index in [1.807, 2.05) is 0 Å². The molecule has 0 saturated carbocycles. The van der Waals surface area contributed by atoms with Gasteiger partial charge >= 0.3 is 16.5 Å². The van der Waals surface area contributed by atoms with E-state index in [0.717, 1.165) is 37.6 Å². The molecule has 1 unspecified atom stereocenters. The summed E-state index contributed by atoms with van der Waals surface area (Å²) in [5, 5.41) is 12.4. The average molecular weight is 382 g/mol. The number of aliphatic carboxylic acids is 1. The fourth-order valence-corrected chi connectivity index (χ4v) is 3.49. The Balaban J connectivity index is 1.71. The van der Waals surface area contributed by atoms with Gasteiger partial charge in [-0.1, -0.05) is 18.6 Å². The van der Waals surface area contributed by atoms with Gasteiger partial charge in [0.15, 0.2) is 6.04 Å². The van der Waals surface area contributed by atoms with Crippen molar-refractivity contribution in [2.24, 2.45) is 10.3 Å². The van der Waals surface area contributed by atoms with E-state index in [0.29, 0.717) is 12.2 Å². The Labute approximate surface area is 155 Å². The smallest absolute Gasteiger partial charge is 0.330 e. The minimum Gasteiger partial charge on any atom is -0.494 e. The fraction of sp³-hybridized carbons (Fsp3) is 0.611. The standard InChI is InChI=1S/C18H26N2O5S/c21-18(22)17(20-26(23)24)13-15-4-6-16(7-5-15)25-12-2-1-3-14-8-10-19-11-9-14/h4-7,14,17,19H,1-3,8-13H2,(H,21,22). The molecule has 0 bridgehead atoms. The summed E-state index contributed by atoms with van der Waals surface area (Å²) in [5.74, 6) is 0.307. The van der Waals surface area contributed by atoms with Crippen molar-refractivity contribution in [2.45, 2.75) is 44.6 Å². The summed E-state index contributed by atoms with van der Waals surface area (Å²) in [6.45, 7) is 2.93. The first-order chi connectivity index (χ1) is 12.5. The largest absolute Gasteiger partial charge is 0.494 e. The number of nitrogens with one attached hydrogen (secondary N) is 1. The summed E-state index contributed by atoms with van der Waals surface area (Å²) in [7, 11) is -2.74. The van der Waals surface area contributed by atoms with Gasteiger partial charge in [0.05, 0.1) is 6.61 Å². The van der Waals surface area contributed by atoms with Crippen LogP contribution in [-0.2, 0) is 21.7 Å². The van der Waals surface area contributed by atoms with Gasteiger partial charge in [0.1, 0.15) is 5.75 Å². The van der Waals surface area contributed by atoms with Crippen LogP contribution < -0.4 is 10.1 Å². The number of hydrogen-bond donors (Lipinski definition) is 2. The molecule has 1 aromatic carbocycles. The molecule has 1 heterocycles. The van der Waals surface area contributed by atoms with Gasteiger partial charge in [0.2, 0.25) is 0 Å². The minimum absolute atomic E-state index is 0.0276. The molecular weight excluding hydrogens is 356 g/mol. The van der Waals surface area contributed by atoms with Crippen molar-refractivity contribution >= 4 is 16.5 Å². The van der Waals surface area contributed by atoms with E-state index in [1.165, 1.54) is 19.3 Å². The van der Waals surface area contributed by atoms with E-state index in [4.69, 9.17) is 9.84 Å². The number of carboxylic acids is 1. The van der Waals surface area contributed by atoms with E-state index in [2.05, 4.69) is 9.68 Å². The first-order valence-electron chi connectivity index (χ1n) is 9.00. The first kappa shape index (κ1) is 20.4. The van der Waals surface area contributed by atoms with Crippen LogP contribution in [0, 0.1) is 5.92 Å². The van der Waals surface area contributed by atoms with E-state index in [9.17, 15) is 13.2 Å². The van der Waals surface area contributed by atoms with Crippen molar-refractivity contribution in [3.63, 3.8) is 0 Å². The highest BCUT2D eigenvalue weighted by Crippen LogP contribution is 2.19. The normalized spacial score (nSPS) is 16.0. The third-order valence-electron chi connectivity index (χ3n) is 4.58. The molecule has 1 aliphatic heterocycles. The van der Waals surface area contributed by atoms with Crippen LogP contribution in [0.25, 0.3) is 0 Å². The Hall–Kier alpha value is -1.93. The predicted octanol–water partition coefficient (Wildman–Crippen LogP) is 2.29. The molecule has 0 amide bonds. The van der Waals surface area contributed by atoms with Gasteiger partial charge in [0, 0.05) is 6.42 Å². The van der Waals surface area contributed by atoms with Crippen LogP contribution in [0.15, 0.2) is 28.6 Å². The highest BCUT2D eigenvalue weighted by atomic mass is 32.2. The van der Waals surface area contributed by atoms with Crippen molar-refractivity contribution < 1.29 is 23.1 Å². The zero-order valence-corrected chi connectivity index (χ0v) is 15.6. The summed E-state index contributed by atoms with van der Waals surface area (Å²) in [5.41, 5.74) is 0.699. The number of rotatable bonds is 10. The number of ether oxygens (including phenoxy) is 1. The highest BCUT2D eigenvalue weighted by Gasteiger charge is 2.17. The van der Waals surface area contributed by atoms with Crippen LogP contribution in [0.1, 0.15) is 37.7 Å². The lowest BCUT2D eigenvalue weighted by Crippen LogP contribution is -2.27. The molecule has 2 N–H and O–H groups in total. The zero-order chi connectivity index (χ0) is 18.8. The number of benzene rings is 1. The lowest BCUT2D eigenvalue weighted by Gasteiger charge is -2.22. The molecule has 144 valence electrons. The lowest BCUT2D eigenvalue weighted by molar-refractivity contribution is -0.138. The van der Waals surface area contributed by atoms with Gasteiger partial charge in [-0.25, -0.2) is 4.79 Å². The Kier molecular flexibility index (Phi) is 8.57. The SMILES string of the molecule is O=C(O)C(Cc1ccc(OCCCCC2CCNCC2)cc1)N=S(=O)=O. The Bertz CT molecular complexity index is 689. The second kappa shape index (κ2) is 10.9. The monoisotopic (exact) mass is 382 g/mol. The number of carboxylic acid groups (broad SMARTS) is 1. The van der Waals surface area contributed by atoms with Crippen LogP contribution in [0.2, 0.25) is 0 Å². The third-order valence-corrected chi connectivity index (χ3v) is 5.01. The highest BCUT2D eigenvalue weighted by molar-refractivity contribution is 7.61. The second-order valence-electron chi connectivity index (χ2n) is 6.56. The van der Waals surface area contributed by atoms with Crippen molar-refractivity contribution in [2.75, 3.05) is 19.7 Å². The first-order valence-corrected chi connectivity index (χ1v) is 10.0. The number of carbonyl (C=O) groups is 1. The summed E-state index contributed by atoms with van der Waals surface area (Å²) in [4.78, 5) is 11.0. The molecule has 1 aromatic rings. The maximum absolute atomic E-state index is 11.0. The predicted molar refractivity (Wildman–Crippen MR) is 97.9 cm³/mol. The number of unbranched alkanes of at least 4 members (excludes halogenated alkanes) is 1. The molecule has 0 aromatic heterocycles. The van der Waals surface area contributed by atoms with E-state index in [-0.39, 0.29) is 6.42 Å².